The van der Waals surface area contributed by atoms with Crippen LogP contribution in [0.2, 0.25) is 0 Å². The van der Waals surface area contributed by atoms with Gasteiger partial charge in [-0.2, -0.15) is 0 Å². The first-order valence-electron chi connectivity index (χ1n) is 4.12. The Labute approximate surface area is 87.4 Å². The minimum atomic E-state index is -1.74. The van der Waals surface area contributed by atoms with E-state index in [4.69, 9.17) is 0 Å². The van der Waals surface area contributed by atoms with E-state index in [2.05, 4.69) is 20.8 Å². The molecule has 2 atom stereocenters. The van der Waals surface area contributed by atoms with E-state index in [1.54, 1.807) is 0 Å². The summed E-state index contributed by atoms with van der Waals surface area (Å²) in [6, 6.07) is 0. The molecular formula is C9H14O6. The summed E-state index contributed by atoms with van der Waals surface area (Å²) >= 11 is 0. The summed E-state index contributed by atoms with van der Waals surface area (Å²) in [5.41, 5.74) is -0.384. The lowest BCUT2D eigenvalue weighted by molar-refractivity contribution is -0.178. The third kappa shape index (κ3) is 4.09. The highest BCUT2D eigenvalue weighted by Crippen LogP contribution is 2.05. The van der Waals surface area contributed by atoms with E-state index in [0.29, 0.717) is 0 Å². The van der Waals surface area contributed by atoms with E-state index in [1.807, 2.05) is 0 Å². The van der Waals surface area contributed by atoms with Crippen LogP contribution in [0.25, 0.3) is 0 Å². The second kappa shape index (κ2) is 6.15. The summed E-state index contributed by atoms with van der Waals surface area (Å²) in [6.45, 7) is 4.68. The van der Waals surface area contributed by atoms with Crippen molar-refractivity contribution >= 4 is 11.9 Å². The molecule has 0 heterocycles. The van der Waals surface area contributed by atoms with Crippen molar-refractivity contribution in [2.24, 2.45) is 0 Å². The van der Waals surface area contributed by atoms with Gasteiger partial charge in [-0.05, 0) is 6.92 Å². The molecule has 86 valence electrons. The van der Waals surface area contributed by atoms with Crippen molar-refractivity contribution in [3.05, 3.63) is 12.2 Å². The molecule has 0 aromatic rings. The number of hydrogen-bond acceptors (Lipinski definition) is 6. The summed E-state index contributed by atoms with van der Waals surface area (Å²) in [5, 5.41) is 9.30. The molecule has 0 aromatic heterocycles. The van der Waals surface area contributed by atoms with Gasteiger partial charge in [0.05, 0.1) is 12.7 Å². The zero-order valence-electron chi connectivity index (χ0n) is 8.85. The molecule has 2 unspecified atom stereocenters. The minimum Gasteiger partial charge on any atom is -0.466 e. The van der Waals surface area contributed by atoms with Gasteiger partial charge in [0, 0.05) is 7.11 Å². The molecule has 0 spiro atoms. The van der Waals surface area contributed by atoms with E-state index in [9.17, 15) is 14.7 Å². The third-order valence-electron chi connectivity index (χ3n) is 1.61. The van der Waals surface area contributed by atoms with Gasteiger partial charge < -0.3 is 19.3 Å². The predicted octanol–water partition coefficient (Wildman–Crippen LogP) is -0.388. The van der Waals surface area contributed by atoms with Gasteiger partial charge in [-0.3, -0.25) is 0 Å². The smallest absolute Gasteiger partial charge is 0.342 e. The van der Waals surface area contributed by atoms with Gasteiger partial charge >= 0.3 is 11.9 Å². The largest absolute Gasteiger partial charge is 0.466 e. The third-order valence-corrected chi connectivity index (χ3v) is 1.61. The van der Waals surface area contributed by atoms with Crippen molar-refractivity contribution in [1.82, 2.24) is 0 Å². The normalized spacial score (nSPS) is 13.9. The highest BCUT2D eigenvalue weighted by Gasteiger charge is 2.26. The maximum atomic E-state index is 11.2. The highest BCUT2D eigenvalue weighted by molar-refractivity contribution is 5.96. The molecule has 0 aliphatic carbocycles. The fraction of sp³-hybridized carbons (Fsp3) is 0.556. The van der Waals surface area contributed by atoms with Gasteiger partial charge in [0.2, 0.25) is 0 Å². The molecule has 0 aliphatic heterocycles. The van der Waals surface area contributed by atoms with E-state index >= 15 is 0 Å². The van der Waals surface area contributed by atoms with Crippen LogP contribution in [-0.4, -0.2) is 43.7 Å². The van der Waals surface area contributed by atoms with Crippen LogP contribution >= 0.6 is 0 Å². The van der Waals surface area contributed by atoms with E-state index in [-0.39, 0.29) is 5.57 Å². The summed E-state index contributed by atoms with van der Waals surface area (Å²) in [6.07, 6.45) is -2.55. The van der Waals surface area contributed by atoms with Gasteiger partial charge in [-0.25, -0.2) is 9.59 Å². The highest BCUT2D eigenvalue weighted by atomic mass is 16.7. The molecular weight excluding hydrogens is 204 g/mol. The zero-order chi connectivity index (χ0) is 12.0. The summed E-state index contributed by atoms with van der Waals surface area (Å²) in [4.78, 5) is 22.0. The van der Waals surface area contributed by atoms with E-state index in [1.165, 1.54) is 14.0 Å². The van der Waals surface area contributed by atoms with E-state index in [0.717, 1.165) is 7.11 Å². The Bertz CT molecular complexity index is 259. The van der Waals surface area contributed by atoms with Crippen LogP contribution in [0.4, 0.5) is 0 Å². The monoisotopic (exact) mass is 218 g/mol. The predicted molar refractivity (Wildman–Crippen MR) is 49.7 cm³/mol. The summed E-state index contributed by atoms with van der Waals surface area (Å²) < 4.78 is 13.5. The fourth-order valence-corrected chi connectivity index (χ4v) is 0.661. The van der Waals surface area contributed by atoms with Crippen LogP contribution in [0.1, 0.15) is 6.92 Å². The molecule has 0 saturated heterocycles. The lowest BCUT2D eigenvalue weighted by Gasteiger charge is -2.15. The number of ether oxygens (including phenoxy) is 3. The molecule has 0 amide bonds. The number of aliphatic hydroxyl groups excluding tert-OH is 1. The molecule has 0 bridgehead atoms. The Hall–Kier alpha value is -1.40. The molecule has 0 rings (SSSR count). The van der Waals surface area contributed by atoms with Gasteiger partial charge in [-0.1, -0.05) is 6.58 Å². The molecule has 0 aliphatic rings. The Morgan fingerprint density at radius 2 is 1.87 bits per heavy atom. The van der Waals surface area contributed by atoms with Crippen molar-refractivity contribution in [2.75, 3.05) is 14.2 Å². The summed E-state index contributed by atoms with van der Waals surface area (Å²) in [5.74, 6) is -1.88. The second-order valence-electron chi connectivity index (χ2n) is 2.66. The van der Waals surface area contributed by atoms with Crippen LogP contribution in [-0.2, 0) is 23.8 Å². The van der Waals surface area contributed by atoms with Gasteiger partial charge in [0.15, 0.2) is 12.4 Å². The van der Waals surface area contributed by atoms with Gasteiger partial charge in [0.25, 0.3) is 0 Å². The molecule has 15 heavy (non-hydrogen) atoms. The zero-order valence-corrected chi connectivity index (χ0v) is 8.85. The SMILES string of the molecule is C=C(C(=O)OC)C(O)C(=O)OC(C)OC. The van der Waals surface area contributed by atoms with Crippen LogP contribution in [0, 0.1) is 0 Å². The number of carbonyl (C=O) groups is 2. The number of carbonyl (C=O) groups excluding carboxylic acids is 2. The van der Waals surface area contributed by atoms with Gasteiger partial charge in [-0.15, -0.1) is 0 Å². The first-order valence-corrected chi connectivity index (χ1v) is 4.12. The summed E-state index contributed by atoms with van der Waals surface area (Å²) in [7, 11) is 2.45. The maximum absolute atomic E-state index is 11.2. The molecule has 1 N–H and O–H groups in total. The molecule has 0 fully saturated rings. The number of hydrogen-bond donors (Lipinski definition) is 1. The number of rotatable bonds is 5. The number of esters is 2. The van der Waals surface area contributed by atoms with Gasteiger partial charge in [0.1, 0.15) is 0 Å². The molecule has 6 heteroatoms. The standard InChI is InChI=1S/C9H14O6/c1-5(8(11)14-4)7(10)9(12)15-6(2)13-3/h6-7,10H,1H2,2-4H3. The van der Waals surface area contributed by atoms with Crippen molar-refractivity contribution in [3.8, 4) is 0 Å². The Balaban J connectivity index is 4.32. The second-order valence-corrected chi connectivity index (χ2v) is 2.66. The van der Waals surface area contributed by atoms with Crippen molar-refractivity contribution in [2.45, 2.75) is 19.3 Å². The Kier molecular flexibility index (Phi) is 5.58. The Morgan fingerprint density at radius 1 is 1.33 bits per heavy atom. The Morgan fingerprint density at radius 3 is 2.27 bits per heavy atom. The molecule has 0 saturated carbocycles. The van der Waals surface area contributed by atoms with Crippen LogP contribution in [0.5, 0.6) is 0 Å². The quantitative estimate of drug-likeness (QED) is 0.384. The molecule has 6 nitrogen and oxygen atoms in total. The van der Waals surface area contributed by atoms with Crippen molar-refractivity contribution < 1.29 is 28.9 Å². The maximum Gasteiger partial charge on any atom is 0.342 e. The first kappa shape index (κ1) is 13.6. The van der Waals surface area contributed by atoms with Crippen molar-refractivity contribution in [1.29, 1.82) is 0 Å². The van der Waals surface area contributed by atoms with E-state index < -0.39 is 24.3 Å². The lowest BCUT2D eigenvalue weighted by atomic mass is 10.2. The minimum absolute atomic E-state index is 0.384. The lowest BCUT2D eigenvalue weighted by Crippen LogP contribution is -2.31. The average Bonchev–Trinajstić information content (AvgIpc) is 2.25. The first-order chi connectivity index (χ1) is 6.93. The topological polar surface area (TPSA) is 82.1 Å². The number of methoxy groups -OCH3 is 2. The fourth-order valence-electron chi connectivity index (χ4n) is 0.661. The average molecular weight is 218 g/mol. The van der Waals surface area contributed by atoms with Crippen LogP contribution in [0.3, 0.4) is 0 Å². The number of aliphatic hydroxyl groups is 1. The van der Waals surface area contributed by atoms with Crippen LogP contribution < -0.4 is 0 Å². The van der Waals surface area contributed by atoms with Crippen LogP contribution in [0.15, 0.2) is 12.2 Å². The molecule has 0 aromatic carbocycles. The molecule has 0 radical (unpaired) electrons. The van der Waals surface area contributed by atoms with Crippen molar-refractivity contribution in [3.63, 3.8) is 0 Å².